The number of hydrogen-bond acceptors (Lipinski definition) is 2. The molecule has 0 aliphatic carbocycles. The summed E-state index contributed by atoms with van der Waals surface area (Å²) in [7, 11) is 0. The summed E-state index contributed by atoms with van der Waals surface area (Å²) < 4.78 is 26.0. The Morgan fingerprint density at radius 3 is 1.45 bits per heavy atom. The van der Waals surface area contributed by atoms with E-state index in [-0.39, 0.29) is 11.1 Å². The zero-order chi connectivity index (χ0) is 14.3. The summed E-state index contributed by atoms with van der Waals surface area (Å²) >= 11 is 0. The van der Waals surface area contributed by atoms with Crippen molar-refractivity contribution in [1.29, 1.82) is 0 Å². The first-order chi connectivity index (χ1) is 9.58. The van der Waals surface area contributed by atoms with Crippen LogP contribution in [0.3, 0.4) is 0 Å². The molecule has 0 bridgehead atoms. The number of halogens is 2. The van der Waals surface area contributed by atoms with Crippen LogP contribution in [0.2, 0.25) is 0 Å². The van der Waals surface area contributed by atoms with Crippen molar-refractivity contribution in [1.82, 2.24) is 0 Å². The van der Waals surface area contributed by atoms with E-state index in [9.17, 15) is 18.4 Å². The SMILES string of the molecule is O=C(F)c1cccc2cc3c(C(=O)F)cccc3cc12. The molecule has 0 radical (unpaired) electrons. The fourth-order valence-electron chi connectivity index (χ4n) is 2.39. The molecular formula is C16H8F2O2. The highest BCUT2D eigenvalue weighted by molar-refractivity contribution is 6.12. The average molecular weight is 270 g/mol. The first-order valence-corrected chi connectivity index (χ1v) is 5.93. The molecule has 0 atom stereocenters. The van der Waals surface area contributed by atoms with Gasteiger partial charge >= 0.3 is 12.1 Å². The van der Waals surface area contributed by atoms with E-state index in [4.69, 9.17) is 0 Å². The molecule has 20 heavy (non-hydrogen) atoms. The Kier molecular flexibility index (Phi) is 2.79. The van der Waals surface area contributed by atoms with Crippen LogP contribution in [0.1, 0.15) is 20.7 Å². The molecule has 0 N–H and O–H groups in total. The molecule has 0 spiro atoms. The summed E-state index contributed by atoms with van der Waals surface area (Å²) in [4.78, 5) is 22.0. The molecular weight excluding hydrogens is 262 g/mol. The van der Waals surface area contributed by atoms with Crippen LogP contribution in [0.4, 0.5) is 8.78 Å². The van der Waals surface area contributed by atoms with E-state index in [2.05, 4.69) is 0 Å². The Bertz CT molecular complexity index is 795. The van der Waals surface area contributed by atoms with Gasteiger partial charge in [0.1, 0.15) is 0 Å². The van der Waals surface area contributed by atoms with E-state index in [1.54, 1.807) is 36.4 Å². The molecule has 3 aromatic rings. The average Bonchev–Trinajstić information content (AvgIpc) is 2.43. The molecule has 0 heterocycles. The lowest BCUT2D eigenvalue weighted by Gasteiger charge is -2.07. The van der Waals surface area contributed by atoms with Gasteiger partial charge in [-0.05, 0) is 45.8 Å². The lowest BCUT2D eigenvalue weighted by Crippen LogP contribution is -1.94. The Morgan fingerprint density at radius 1 is 0.700 bits per heavy atom. The lowest BCUT2D eigenvalue weighted by atomic mass is 9.97. The fourth-order valence-corrected chi connectivity index (χ4v) is 2.39. The maximum atomic E-state index is 13.0. The summed E-state index contributed by atoms with van der Waals surface area (Å²) in [5, 5.41) is 2.04. The fraction of sp³-hybridized carbons (Fsp3) is 0. The van der Waals surface area contributed by atoms with Gasteiger partial charge in [0.15, 0.2) is 0 Å². The smallest absolute Gasteiger partial charge is 0.255 e. The number of carbonyl (C=O) groups is 2. The third-order valence-corrected chi connectivity index (χ3v) is 3.30. The molecule has 3 aromatic carbocycles. The highest BCUT2D eigenvalue weighted by Gasteiger charge is 2.13. The maximum absolute atomic E-state index is 13.0. The van der Waals surface area contributed by atoms with E-state index < -0.39 is 12.1 Å². The number of benzene rings is 3. The van der Waals surface area contributed by atoms with Gasteiger partial charge < -0.3 is 0 Å². The molecule has 4 heteroatoms. The van der Waals surface area contributed by atoms with Crippen molar-refractivity contribution in [3.8, 4) is 0 Å². The minimum absolute atomic E-state index is 0.0404. The van der Waals surface area contributed by atoms with Gasteiger partial charge in [0.25, 0.3) is 0 Å². The van der Waals surface area contributed by atoms with Crippen molar-refractivity contribution in [3.05, 3.63) is 59.7 Å². The van der Waals surface area contributed by atoms with Crippen LogP contribution >= 0.6 is 0 Å². The van der Waals surface area contributed by atoms with Gasteiger partial charge in [-0.3, -0.25) is 9.59 Å². The molecule has 2 nitrogen and oxygen atoms in total. The second-order valence-corrected chi connectivity index (χ2v) is 4.45. The van der Waals surface area contributed by atoms with Crippen LogP contribution in [0.5, 0.6) is 0 Å². The molecule has 0 unspecified atom stereocenters. The zero-order valence-electron chi connectivity index (χ0n) is 10.2. The van der Waals surface area contributed by atoms with Gasteiger partial charge in [-0.15, -0.1) is 0 Å². The van der Waals surface area contributed by atoms with Crippen molar-refractivity contribution >= 4 is 33.6 Å². The monoisotopic (exact) mass is 270 g/mol. The van der Waals surface area contributed by atoms with E-state index in [0.29, 0.717) is 21.5 Å². The van der Waals surface area contributed by atoms with Crippen LogP contribution < -0.4 is 0 Å². The van der Waals surface area contributed by atoms with Crippen LogP contribution in [0, 0.1) is 0 Å². The van der Waals surface area contributed by atoms with E-state index >= 15 is 0 Å². The first kappa shape index (κ1) is 12.4. The summed E-state index contributed by atoms with van der Waals surface area (Å²) in [6, 6.07) is 9.36. The molecule has 3 rings (SSSR count). The number of carbonyl (C=O) groups excluding carboxylic acids is 2. The minimum Gasteiger partial charge on any atom is -0.255 e. The third-order valence-electron chi connectivity index (χ3n) is 3.30. The van der Waals surface area contributed by atoms with E-state index in [1.165, 1.54) is 12.1 Å². The molecule has 0 aliphatic rings. The topological polar surface area (TPSA) is 34.1 Å². The van der Waals surface area contributed by atoms with Crippen molar-refractivity contribution < 1.29 is 18.4 Å². The van der Waals surface area contributed by atoms with Gasteiger partial charge in [0.05, 0.1) is 11.1 Å². The normalized spacial score (nSPS) is 10.9. The lowest BCUT2D eigenvalue weighted by molar-refractivity contribution is 0.0827. The third kappa shape index (κ3) is 1.86. The van der Waals surface area contributed by atoms with E-state index in [1.807, 2.05) is 0 Å². The van der Waals surface area contributed by atoms with Crippen molar-refractivity contribution in [2.24, 2.45) is 0 Å². The summed E-state index contributed by atoms with van der Waals surface area (Å²) in [5.41, 5.74) is -0.0808. The Balaban J connectivity index is 2.46. The quantitative estimate of drug-likeness (QED) is 0.516. The van der Waals surface area contributed by atoms with E-state index in [0.717, 1.165) is 0 Å². The minimum atomic E-state index is -1.52. The van der Waals surface area contributed by atoms with Gasteiger partial charge in [0, 0.05) is 0 Å². The Labute approximate surface area is 112 Å². The molecule has 0 aromatic heterocycles. The number of hydrogen-bond donors (Lipinski definition) is 0. The van der Waals surface area contributed by atoms with Gasteiger partial charge in [0.2, 0.25) is 0 Å². The Hall–Kier alpha value is -2.62. The van der Waals surface area contributed by atoms with Gasteiger partial charge in [-0.2, -0.15) is 8.78 Å². The van der Waals surface area contributed by atoms with Crippen molar-refractivity contribution in [3.63, 3.8) is 0 Å². The largest absolute Gasteiger partial charge is 0.332 e. The number of fused-ring (bicyclic) bond motifs is 2. The highest BCUT2D eigenvalue weighted by atomic mass is 19.1. The highest BCUT2D eigenvalue weighted by Crippen LogP contribution is 2.28. The second kappa shape index (κ2) is 4.49. The van der Waals surface area contributed by atoms with Crippen LogP contribution in [0.15, 0.2) is 48.5 Å². The van der Waals surface area contributed by atoms with Crippen molar-refractivity contribution in [2.45, 2.75) is 0 Å². The van der Waals surface area contributed by atoms with Crippen LogP contribution in [0.25, 0.3) is 21.5 Å². The molecule has 98 valence electrons. The standard InChI is InChI=1S/C16H8F2O2/c17-15(19)11-5-1-3-9-7-14-10(8-13(9)11)4-2-6-12(14)16(18)20/h1-8H. The van der Waals surface area contributed by atoms with Gasteiger partial charge in [-0.1, -0.05) is 24.3 Å². The predicted octanol–water partition coefficient (Wildman–Crippen LogP) is 4.21. The van der Waals surface area contributed by atoms with Crippen LogP contribution in [-0.2, 0) is 0 Å². The maximum Gasteiger partial charge on any atom is 0.332 e. The molecule has 0 saturated carbocycles. The second-order valence-electron chi connectivity index (χ2n) is 4.45. The summed E-state index contributed by atoms with van der Waals surface area (Å²) in [6.45, 7) is 0. The summed E-state index contributed by atoms with van der Waals surface area (Å²) in [5.74, 6) is 0. The Morgan fingerprint density at radius 2 is 1.10 bits per heavy atom. The predicted molar refractivity (Wildman–Crippen MR) is 72.3 cm³/mol. The van der Waals surface area contributed by atoms with Gasteiger partial charge in [-0.25, -0.2) is 0 Å². The van der Waals surface area contributed by atoms with Crippen molar-refractivity contribution in [2.75, 3.05) is 0 Å². The molecule has 0 aliphatic heterocycles. The first-order valence-electron chi connectivity index (χ1n) is 5.93. The van der Waals surface area contributed by atoms with Crippen LogP contribution in [-0.4, -0.2) is 12.1 Å². The molecule has 0 saturated heterocycles. The molecule has 0 amide bonds. The zero-order valence-corrected chi connectivity index (χ0v) is 10.2. The number of rotatable bonds is 2. The molecule has 0 fully saturated rings. The summed E-state index contributed by atoms with van der Waals surface area (Å²) in [6.07, 6.45) is 0.